The van der Waals surface area contributed by atoms with E-state index in [1.165, 1.54) is 24.1 Å². The highest BCUT2D eigenvalue weighted by Crippen LogP contribution is 2.39. The van der Waals surface area contributed by atoms with Crippen molar-refractivity contribution in [1.29, 1.82) is 0 Å². The molecule has 1 aliphatic heterocycles. The number of rotatable bonds is 7. The van der Waals surface area contributed by atoms with Gasteiger partial charge in [0.1, 0.15) is 12.4 Å². The van der Waals surface area contributed by atoms with E-state index in [1.54, 1.807) is 30.3 Å². The van der Waals surface area contributed by atoms with Crippen LogP contribution in [0.25, 0.3) is 6.08 Å². The van der Waals surface area contributed by atoms with Crippen LogP contribution in [0.2, 0.25) is 0 Å². The number of amides is 2. The van der Waals surface area contributed by atoms with Crippen LogP contribution in [0.1, 0.15) is 16.7 Å². The molecule has 5 nitrogen and oxygen atoms in total. The summed E-state index contributed by atoms with van der Waals surface area (Å²) in [7, 11) is 1.51. The molecule has 1 aliphatic rings. The molecule has 0 atom stereocenters. The third-order valence-corrected chi connectivity index (χ3v) is 6.91. The molecule has 3 aromatic carbocycles. The quantitative estimate of drug-likeness (QED) is 0.267. The van der Waals surface area contributed by atoms with E-state index in [1.807, 2.05) is 24.3 Å². The van der Waals surface area contributed by atoms with Crippen molar-refractivity contribution >= 4 is 60.8 Å². The Morgan fingerprint density at radius 2 is 1.79 bits per heavy atom. The molecule has 0 bridgehead atoms. The lowest BCUT2D eigenvalue weighted by Gasteiger charge is -2.14. The van der Waals surface area contributed by atoms with Crippen LogP contribution in [-0.4, -0.2) is 23.2 Å². The fourth-order valence-electron chi connectivity index (χ4n) is 3.35. The van der Waals surface area contributed by atoms with Crippen molar-refractivity contribution in [3.8, 4) is 11.5 Å². The van der Waals surface area contributed by atoms with Crippen LogP contribution >= 0.6 is 43.6 Å². The van der Waals surface area contributed by atoms with Crippen molar-refractivity contribution in [2.24, 2.45) is 0 Å². The lowest BCUT2D eigenvalue weighted by Crippen LogP contribution is -2.27. The van der Waals surface area contributed by atoms with Crippen molar-refractivity contribution < 1.29 is 23.5 Å². The van der Waals surface area contributed by atoms with Crippen molar-refractivity contribution in [3.05, 3.63) is 97.0 Å². The predicted octanol–water partition coefficient (Wildman–Crippen LogP) is 7.17. The summed E-state index contributed by atoms with van der Waals surface area (Å²) >= 11 is 7.78. The molecule has 0 aromatic heterocycles. The minimum Gasteiger partial charge on any atom is -0.493 e. The molecular formula is C25H18Br2FNO4S. The van der Waals surface area contributed by atoms with Gasteiger partial charge < -0.3 is 9.47 Å². The number of halogens is 3. The van der Waals surface area contributed by atoms with Crippen LogP contribution in [0, 0.1) is 5.82 Å². The molecule has 0 aliphatic carbocycles. The van der Waals surface area contributed by atoms with Gasteiger partial charge in [0, 0.05) is 4.47 Å². The number of nitrogens with zero attached hydrogens (tertiary/aromatic N) is 1. The molecule has 1 fully saturated rings. The fourth-order valence-corrected chi connectivity index (χ4v) is 5.21. The summed E-state index contributed by atoms with van der Waals surface area (Å²) in [6.45, 7) is 0.349. The second-order valence-electron chi connectivity index (χ2n) is 7.35. The van der Waals surface area contributed by atoms with E-state index in [0.29, 0.717) is 32.0 Å². The average molecular weight is 607 g/mol. The zero-order valence-electron chi connectivity index (χ0n) is 17.9. The van der Waals surface area contributed by atoms with Crippen molar-refractivity contribution in [2.45, 2.75) is 13.2 Å². The maximum absolute atomic E-state index is 13.4. The van der Waals surface area contributed by atoms with Crippen LogP contribution in [0.3, 0.4) is 0 Å². The van der Waals surface area contributed by atoms with Crippen molar-refractivity contribution in [3.63, 3.8) is 0 Å². The first kappa shape index (κ1) is 24.5. The molecule has 1 saturated heterocycles. The monoisotopic (exact) mass is 605 g/mol. The lowest BCUT2D eigenvalue weighted by atomic mass is 10.1. The zero-order chi connectivity index (χ0) is 24.2. The number of hydrogen-bond acceptors (Lipinski definition) is 5. The number of benzene rings is 3. The molecule has 3 aromatic rings. The summed E-state index contributed by atoms with van der Waals surface area (Å²) in [5, 5.41) is -0.322. The molecular weight excluding hydrogens is 589 g/mol. The zero-order valence-corrected chi connectivity index (χ0v) is 21.9. The van der Waals surface area contributed by atoms with Crippen LogP contribution in [0.4, 0.5) is 9.18 Å². The van der Waals surface area contributed by atoms with Crippen molar-refractivity contribution in [1.82, 2.24) is 4.90 Å². The molecule has 34 heavy (non-hydrogen) atoms. The lowest BCUT2D eigenvalue weighted by molar-refractivity contribution is -0.123. The van der Waals surface area contributed by atoms with Gasteiger partial charge in [-0.05, 0) is 86.9 Å². The Labute approximate surface area is 217 Å². The van der Waals surface area contributed by atoms with Gasteiger partial charge in [-0.1, -0.05) is 40.2 Å². The molecule has 174 valence electrons. The number of carbonyl (C=O) groups is 2. The maximum atomic E-state index is 13.4. The number of thioether (sulfide) groups is 1. The Kier molecular flexibility index (Phi) is 7.75. The minimum absolute atomic E-state index is 0.153. The SMILES string of the molecule is COc1cc(/C=C2/SC(=O)N(Cc3cccc(Br)c3)C2=O)cc(Br)c1OCc1cccc(F)c1. The Bertz CT molecular complexity index is 1300. The number of methoxy groups -OCH3 is 1. The average Bonchev–Trinajstić information content (AvgIpc) is 3.05. The first-order valence-electron chi connectivity index (χ1n) is 10.1. The summed E-state index contributed by atoms with van der Waals surface area (Å²) in [5.41, 5.74) is 2.19. The highest BCUT2D eigenvalue weighted by Gasteiger charge is 2.35. The number of ether oxygens (including phenoxy) is 2. The van der Waals surface area contributed by atoms with Gasteiger partial charge in [-0.3, -0.25) is 14.5 Å². The first-order chi connectivity index (χ1) is 16.3. The second-order valence-corrected chi connectivity index (χ2v) is 10.1. The maximum Gasteiger partial charge on any atom is 0.293 e. The van der Waals surface area contributed by atoms with E-state index in [2.05, 4.69) is 31.9 Å². The molecule has 4 rings (SSSR count). The molecule has 1 heterocycles. The number of imide groups is 1. The Hall–Kier alpha value is -2.62. The predicted molar refractivity (Wildman–Crippen MR) is 137 cm³/mol. The minimum atomic E-state index is -0.350. The van der Waals surface area contributed by atoms with E-state index >= 15 is 0 Å². The molecule has 0 radical (unpaired) electrons. The molecule has 0 saturated carbocycles. The third-order valence-electron chi connectivity index (χ3n) is 4.93. The molecule has 9 heteroatoms. The van der Waals surface area contributed by atoms with Gasteiger partial charge >= 0.3 is 0 Å². The molecule has 2 amide bonds. The van der Waals surface area contributed by atoms with E-state index in [4.69, 9.17) is 9.47 Å². The summed E-state index contributed by atoms with van der Waals surface area (Å²) in [4.78, 5) is 27.0. The van der Waals surface area contributed by atoms with Gasteiger partial charge in [0.25, 0.3) is 11.1 Å². The van der Waals surface area contributed by atoms with Gasteiger partial charge in [0.05, 0.1) is 23.0 Å². The van der Waals surface area contributed by atoms with Crippen LogP contribution in [0.15, 0.2) is 74.5 Å². The smallest absolute Gasteiger partial charge is 0.293 e. The molecule has 0 N–H and O–H groups in total. The Balaban J connectivity index is 1.53. The third kappa shape index (κ3) is 5.71. The van der Waals surface area contributed by atoms with Gasteiger partial charge in [-0.25, -0.2) is 4.39 Å². The highest BCUT2D eigenvalue weighted by molar-refractivity contribution is 9.10. The van der Waals surface area contributed by atoms with E-state index in [-0.39, 0.29) is 30.1 Å². The van der Waals surface area contributed by atoms with E-state index in [0.717, 1.165) is 21.8 Å². The molecule has 0 unspecified atom stereocenters. The van der Waals surface area contributed by atoms with Gasteiger partial charge in [0.15, 0.2) is 11.5 Å². The number of carbonyl (C=O) groups excluding carboxylic acids is 2. The second kappa shape index (κ2) is 10.8. The van der Waals surface area contributed by atoms with E-state index < -0.39 is 0 Å². The number of hydrogen-bond donors (Lipinski definition) is 0. The van der Waals surface area contributed by atoms with Crippen LogP contribution in [0.5, 0.6) is 11.5 Å². The largest absolute Gasteiger partial charge is 0.493 e. The summed E-state index contributed by atoms with van der Waals surface area (Å²) in [6.07, 6.45) is 1.65. The van der Waals surface area contributed by atoms with Crippen LogP contribution < -0.4 is 9.47 Å². The molecule has 0 spiro atoms. The van der Waals surface area contributed by atoms with Gasteiger partial charge in [0.2, 0.25) is 0 Å². The van der Waals surface area contributed by atoms with E-state index in [9.17, 15) is 14.0 Å². The van der Waals surface area contributed by atoms with Gasteiger partial charge in [-0.15, -0.1) is 0 Å². The van der Waals surface area contributed by atoms with Crippen LogP contribution in [-0.2, 0) is 17.9 Å². The Morgan fingerprint density at radius 3 is 2.53 bits per heavy atom. The topological polar surface area (TPSA) is 55.8 Å². The summed E-state index contributed by atoms with van der Waals surface area (Å²) in [5.74, 6) is 0.199. The highest BCUT2D eigenvalue weighted by atomic mass is 79.9. The normalized spacial score (nSPS) is 14.7. The summed E-state index contributed by atoms with van der Waals surface area (Å²) < 4.78 is 26.2. The van der Waals surface area contributed by atoms with Gasteiger partial charge in [-0.2, -0.15) is 0 Å². The standard InChI is InChI=1S/C25H18Br2FNO4S/c1-32-21-11-17(10-20(27)23(21)33-14-16-5-3-7-19(28)9-16)12-22-24(30)29(25(31)34-22)13-15-4-2-6-18(26)8-15/h2-12H,13-14H2,1H3/b22-12+. The Morgan fingerprint density at radius 1 is 1.03 bits per heavy atom. The summed E-state index contributed by atoms with van der Waals surface area (Å²) in [6, 6.07) is 17.1. The van der Waals surface area contributed by atoms with Crippen molar-refractivity contribution in [2.75, 3.05) is 7.11 Å². The first-order valence-corrected chi connectivity index (χ1v) is 12.5. The fraction of sp³-hybridized carbons (Fsp3) is 0.120.